The Labute approximate surface area is 160 Å². The zero-order chi connectivity index (χ0) is 19.2. The molecule has 1 N–H and O–H groups in total. The van der Waals surface area contributed by atoms with Crippen molar-refractivity contribution < 1.29 is 19.0 Å². The van der Waals surface area contributed by atoms with Crippen molar-refractivity contribution in [1.29, 1.82) is 0 Å². The number of hydrogen-bond acceptors (Lipinski definition) is 6. The van der Waals surface area contributed by atoms with E-state index in [2.05, 4.69) is 15.5 Å². The van der Waals surface area contributed by atoms with Crippen molar-refractivity contribution >= 4 is 23.2 Å². The first kappa shape index (κ1) is 18.5. The Morgan fingerprint density at radius 2 is 1.74 bits per heavy atom. The van der Waals surface area contributed by atoms with Gasteiger partial charge in [0, 0.05) is 16.8 Å². The fourth-order valence-electron chi connectivity index (χ4n) is 2.39. The smallest absolute Gasteiger partial charge is 0.262 e. The molecule has 0 bridgehead atoms. The largest absolute Gasteiger partial charge is 0.493 e. The second-order valence-electron chi connectivity index (χ2n) is 5.39. The van der Waals surface area contributed by atoms with Gasteiger partial charge in [0.05, 0.1) is 19.9 Å². The van der Waals surface area contributed by atoms with Crippen LogP contribution in [-0.4, -0.2) is 41.5 Å². The van der Waals surface area contributed by atoms with Gasteiger partial charge in [0.1, 0.15) is 18.4 Å². The van der Waals surface area contributed by atoms with E-state index in [-0.39, 0.29) is 12.5 Å². The van der Waals surface area contributed by atoms with Crippen LogP contribution in [0.3, 0.4) is 0 Å². The number of carbonyl (C=O) groups is 1. The van der Waals surface area contributed by atoms with Gasteiger partial charge in [0.15, 0.2) is 18.1 Å². The average Bonchev–Trinajstić information content (AvgIpc) is 3.21. The molecule has 1 heterocycles. The van der Waals surface area contributed by atoms with E-state index >= 15 is 0 Å². The van der Waals surface area contributed by atoms with Crippen LogP contribution in [0, 0.1) is 0 Å². The highest BCUT2D eigenvalue weighted by atomic mass is 35.5. The molecule has 0 unspecified atom stereocenters. The highest BCUT2D eigenvalue weighted by molar-refractivity contribution is 6.30. The van der Waals surface area contributed by atoms with Gasteiger partial charge in [-0.05, 0) is 30.3 Å². The number of hydrogen-bond donors (Lipinski definition) is 1. The summed E-state index contributed by atoms with van der Waals surface area (Å²) in [5, 5.41) is 10.8. The third-order valence-electron chi connectivity index (χ3n) is 3.64. The summed E-state index contributed by atoms with van der Waals surface area (Å²) in [6.07, 6.45) is 3.03. The molecule has 8 nitrogen and oxygen atoms in total. The van der Waals surface area contributed by atoms with Gasteiger partial charge in [-0.2, -0.15) is 0 Å². The maximum absolute atomic E-state index is 12.2. The van der Waals surface area contributed by atoms with Crippen LogP contribution in [0.1, 0.15) is 0 Å². The molecule has 140 valence electrons. The normalized spacial score (nSPS) is 10.3. The number of amides is 1. The number of aromatic nitrogens is 3. The standard InChI is InChI=1S/C18H17ClN4O4/c1-25-16-6-4-13(8-17(16)26-2)22-18(24)9-27-15-5-3-12(19)7-14(15)23-10-20-21-11-23/h3-8,10-11H,9H2,1-2H3,(H,22,24). The molecule has 0 radical (unpaired) electrons. The van der Waals surface area contributed by atoms with Gasteiger partial charge >= 0.3 is 0 Å². The maximum Gasteiger partial charge on any atom is 0.262 e. The van der Waals surface area contributed by atoms with E-state index in [0.29, 0.717) is 33.6 Å². The molecule has 0 spiro atoms. The Balaban J connectivity index is 1.68. The van der Waals surface area contributed by atoms with Gasteiger partial charge in [0.2, 0.25) is 0 Å². The molecule has 0 atom stereocenters. The Morgan fingerprint density at radius 3 is 2.44 bits per heavy atom. The monoisotopic (exact) mass is 388 g/mol. The lowest BCUT2D eigenvalue weighted by Gasteiger charge is -2.13. The molecule has 3 rings (SSSR count). The third kappa shape index (κ3) is 4.48. The Kier molecular flexibility index (Phi) is 5.77. The van der Waals surface area contributed by atoms with Gasteiger partial charge in [-0.1, -0.05) is 11.6 Å². The van der Waals surface area contributed by atoms with Gasteiger partial charge in [-0.25, -0.2) is 0 Å². The summed E-state index contributed by atoms with van der Waals surface area (Å²) in [6, 6.07) is 10.1. The number of methoxy groups -OCH3 is 2. The van der Waals surface area contributed by atoms with Crippen LogP contribution in [0.2, 0.25) is 5.02 Å². The van der Waals surface area contributed by atoms with Gasteiger partial charge in [-0.15, -0.1) is 10.2 Å². The van der Waals surface area contributed by atoms with Crippen LogP contribution >= 0.6 is 11.6 Å². The minimum Gasteiger partial charge on any atom is -0.493 e. The molecule has 2 aromatic carbocycles. The number of rotatable bonds is 7. The van der Waals surface area contributed by atoms with Crippen molar-refractivity contribution in [3.63, 3.8) is 0 Å². The minimum atomic E-state index is -0.327. The predicted molar refractivity (Wildman–Crippen MR) is 100 cm³/mol. The highest BCUT2D eigenvalue weighted by Gasteiger charge is 2.11. The molecule has 3 aromatic rings. The fraction of sp³-hybridized carbons (Fsp3) is 0.167. The first-order chi connectivity index (χ1) is 13.1. The molecule has 0 saturated carbocycles. The molecular weight excluding hydrogens is 372 g/mol. The van der Waals surface area contributed by atoms with Crippen LogP contribution in [-0.2, 0) is 4.79 Å². The highest BCUT2D eigenvalue weighted by Crippen LogP contribution is 2.30. The van der Waals surface area contributed by atoms with Gasteiger partial charge < -0.3 is 19.5 Å². The maximum atomic E-state index is 12.2. The summed E-state index contributed by atoms with van der Waals surface area (Å²) in [4.78, 5) is 12.2. The molecule has 0 aliphatic heterocycles. The Morgan fingerprint density at radius 1 is 1.04 bits per heavy atom. The lowest BCUT2D eigenvalue weighted by atomic mass is 10.2. The molecule has 27 heavy (non-hydrogen) atoms. The van der Waals surface area contributed by atoms with Crippen molar-refractivity contribution in [1.82, 2.24) is 14.8 Å². The molecular formula is C18H17ClN4O4. The van der Waals surface area contributed by atoms with E-state index in [4.69, 9.17) is 25.8 Å². The first-order valence-electron chi connectivity index (χ1n) is 7.90. The second kappa shape index (κ2) is 8.41. The summed E-state index contributed by atoms with van der Waals surface area (Å²) in [6.45, 7) is -0.189. The summed E-state index contributed by atoms with van der Waals surface area (Å²) < 4.78 is 17.7. The third-order valence-corrected chi connectivity index (χ3v) is 3.88. The van der Waals surface area contributed by atoms with E-state index in [1.54, 1.807) is 48.1 Å². The number of nitrogens with one attached hydrogen (secondary N) is 1. The van der Waals surface area contributed by atoms with Crippen LogP contribution in [0.25, 0.3) is 5.69 Å². The molecule has 0 aliphatic carbocycles. The zero-order valence-corrected chi connectivity index (χ0v) is 15.4. The summed E-state index contributed by atoms with van der Waals surface area (Å²) >= 11 is 6.05. The number of carbonyl (C=O) groups excluding carboxylic acids is 1. The van der Waals surface area contributed by atoms with Crippen LogP contribution in [0.15, 0.2) is 49.1 Å². The molecule has 1 aromatic heterocycles. The summed E-state index contributed by atoms with van der Waals surface area (Å²) in [7, 11) is 3.07. The van der Waals surface area contributed by atoms with E-state index in [9.17, 15) is 4.79 Å². The summed E-state index contributed by atoms with van der Waals surface area (Å²) in [5.74, 6) is 1.24. The van der Waals surface area contributed by atoms with E-state index in [1.807, 2.05) is 0 Å². The first-order valence-corrected chi connectivity index (χ1v) is 8.27. The van der Waals surface area contributed by atoms with Crippen LogP contribution < -0.4 is 19.5 Å². The topological polar surface area (TPSA) is 87.5 Å². The van der Waals surface area contributed by atoms with Gasteiger partial charge in [-0.3, -0.25) is 9.36 Å². The van der Waals surface area contributed by atoms with Crippen molar-refractivity contribution in [3.8, 4) is 22.9 Å². The van der Waals surface area contributed by atoms with Crippen LogP contribution in [0.4, 0.5) is 5.69 Å². The summed E-state index contributed by atoms with van der Waals surface area (Å²) in [5.41, 5.74) is 1.20. The van der Waals surface area contributed by atoms with Crippen LogP contribution in [0.5, 0.6) is 17.2 Å². The number of halogens is 1. The van der Waals surface area contributed by atoms with Crippen molar-refractivity contribution in [2.75, 3.05) is 26.1 Å². The Bertz CT molecular complexity index is 931. The number of ether oxygens (including phenoxy) is 3. The van der Waals surface area contributed by atoms with Crippen molar-refractivity contribution in [2.24, 2.45) is 0 Å². The number of nitrogens with zero attached hydrogens (tertiary/aromatic N) is 3. The minimum absolute atomic E-state index is 0.189. The zero-order valence-electron chi connectivity index (χ0n) is 14.7. The molecule has 0 aliphatic rings. The molecule has 1 amide bonds. The van der Waals surface area contributed by atoms with E-state index in [1.165, 1.54) is 19.8 Å². The Hall–Kier alpha value is -3.26. The van der Waals surface area contributed by atoms with Gasteiger partial charge in [0.25, 0.3) is 5.91 Å². The van der Waals surface area contributed by atoms with Crippen molar-refractivity contribution in [2.45, 2.75) is 0 Å². The number of benzene rings is 2. The fourth-order valence-corrected chi connectivity index (χ4v) is 2.56. The number of anilines is 1. The molecule has 0 saturated heterocycles. The molecule has 9 heteroatoms. The van der Waals surface area contributed by atoms with E-state index in [0.717, 1.165) is 0 Å². The predicted octanol–water partition coefficient (Wildman–Crippen LogP) is 2.96. The van der Waals surface area contributed by atoms with Crippen molar-refractivity contribution in [3.05, 3.63) is 54.1 Å². The second-order valence-corrected chi connectivity index (χ2v) is 5.82. The quantitative estimate of drug-likeness (QED) is 0.669. The SMILES string of the molecule is COc1ccc(NC(=O)COc2ccc(Cl)cc2-n2cnnc2)cc1OC. The lowest BCUT2D eigenvalue weighted by Crippen LogP contribution is -2.20. The molecule has 0 fully saturated rings. The van der Waals surface area contributed by atoms with E-state index < -0.39 is 0 Å². The average molecular weight is 389 g/mol. The lowest BCUT2D eigenvalue weighted by molar-refractivity contribution is -0.118.